The summed E-state index contributed by atoms with van der Waals surface area (Å²) < 4.78 is 4.95. The molecule has 0 unspecified atom stereocenters. The normalized spacial score (nSPS) is 15.0. The van der Waals surface area contributed by atoms with Crippen LogP contribution in [0, 0.1) is 12.8 Å². The Labute approximate surface area is 161 Å². The van der Waals surface area contributed by atoms with E-state index in [9.17, 15) is 4.79 Å². The summed E-state index contributed by atoms with van der Waals surface area (Å²) in [5.74, 6) is 0.207. The van der Waals surface area contributed by atoms with Crippen molar-refractivity contribution < 1.29 is 14.4 Å². The lowest BCUT2D eigenvalue weighted by Crippen LogP contribution is -2.07. The lowest BCUT2D eigenvalue weighted by Gasteiger charge is -2.16. The van der Waals surface area contributed by atoms with Crippen molar-refractivity contribution in [3.63, 3.8) is 0 Å². The minimum absolute atomic E-state index is 0.337. The average molecular weight is 365 g/mol. The first-order valence-electron chi connectivity index (χ1n) is 9.61. The Bertz CT molecular complexity index is 807. The molecule has 1 saturated carbocycles. The second-order valence-electron chi connectivity index (χ2n) is 7.11. The Morgan fingerprint density at radius 1 is 1.11 bits per heavy atom. The van der Waals surface area contributed by atoms with Crippen molar-refractivity contribution in [2.45, 2.75) is 45.6 Å². The summed E-state index contributed by atoms with van der Waals surface area (Å²) in [5.41, 5.74) is 4.52. The fraction of sp³-hybridized carbons (Fsp3) is 0.391. The van der Waals surface area contributed by atoms with Crippen molar-refractivity contribution in [3.05, 3.63) is 59.2 Å². The van der Waals surface area contributed by atoms with E-state index in [1.54, 1.807) is 6.07 Å². The molecular formula is C23H27NO3. The third kappa shape index (κ3) is 4.97. The van der Waals surface area contributed by atoms with E-state index in [-0.39, 0.29) is 5.97 Å². The minimum atomic E-state index is -0.337. The van der Waals surface area contributed by atoms with E-state index in [4.69, 9.17) is 9.57 Å². The van der Waals surface area contributed by atoms with Crippen LogP contribution in [-0.4, -0.2) is 19.3 Å². The van der Waals surface area contributed by atoms with Gasteiger partial charge >= 0.3 is 5.97 Å². The van der Waals surface area contributed by atoms with Gasteiger partial charge in [-0.25, -0.2) is 4.79 Å². The van der Waals surface area contributed by atoms with Gasteiger partial charge in [-0.3, -0.25) is 0 Å². The summed E-state index contributed by atoms with van der Waals surface area (Å²) >= 11 is 0. The standard InChI is InChI=1S/C23H27NO3/c1-17-8-6-7-11-20(17)22-14-19(12-13-21(22)23(25)26-2)16-27-24-15-18-9-4-3-5-10-18/h6-8,11-15,18H,3-5,9-10,16H2,1-2H3/b24-15+. The van der Waals surface area contributed by atoms with Gasteiger partial charge in [-0.2, -0.15) is 0 Å². The fourth-order valence-corrected chi connectivity index (χ4v) is 3.59. The van der Waals surface area contributed by atoms with E-state index in [0.717, 1.165) is 22.3 Å². The number of benzene rings is 2. The van der Waals surface area contributed by atoms with Crippen LogP contribution in [0.3, 0.4) is 0 Å². The fourth-order valence-electron chi connectivity index (χ4n) is 3.59. The molecule has 1 aliphatic carbocycles. The van der Waals surface area contributed by atoms with Gasteiger partial charge in [-0.1, -0.05) is 54.8 Å². The van der Waals surface area contributed by atoms with E-state index in [2.05, 4.69) is 5.16 Å². The van der Waals surface area contributed by atoms with Crippen LogP contribution in [0.1, 0.15) is 53.6 Å². The maximum atomic E-state index is 12.2. The summed E-state index contributed by atoms with van der Waals surface area (Å²) in [6, 6.07) is 13.7. The highest BCUT2D eigenvalue weighted by molar-refractivity contribution is 5.97. The first kappa shape index (κ1) is 19.2. The Hall–Kier alpha value is -2.62. The van der Waals surface area contributed by atoms with Gasteiger partial charge in [0.25, 0.3) is 0 Å². The summed E-state index contributed by atoms with van der Waals surface area (Å²) in [6.45, 7) is 2.41. The molecule has 0 aromatic heterocycles. The zero-order valence-electron chi connectivity index (χ0n) is 16.1. The molecule has 4 nitrogen and oxygen atoms in total. The molecule has 0 heterocycles. The Kier molecular flexibility index (Phi) is 6.64. The van der Waals surface area contributed by atoms with Crippen molar-refractivity contribution in [2.24, 2.45) is 11.1 Å². The molecule has 0 saturated heterocycles. The van der Waals surface area contributed by atoms with Gasteiger partial charge in [0.1, 0.15) is 6.61 Å². The zero-order valence-corrected chi connectivity index (χ0v) is 16.1. The van der Waals surface area contributed by atoms with Crippen molar-refractivity contribution >= 4 is 12.2 Å². The second-order valence-corrected chi connectivity index (χ2v) is 7.11. The van der Waals surface area contributed by atoms with Crippen LogP contribution in [0.2, 0.25) is 0 Å². The van der Waals surface area contributed by atoms with E-state index in [0.29, 0.717) is 18.1 Å². The molecule has 0 aliphatic heterocycles. The van der Waals surface area contributed by atoms with Crippen LogP contribution in [0.25, 0.3) is 11.1 Å². The number of carbonyl (C=O) groups excluding carboxylic acids is 1. The maximum absolute atomic E-state index is 12.2. The van der Waals surface area contributed by atoms with Gasteiger partial charge in [0.2, 0.25) is 0 Å². The lowest BCUT2D eigenvalue weighted by atomic mass is 9.90. The summed E-state index contributed by atoms with van der Waals surface area (Å²) in [4.78, 5) is 17.7. The first-order valence-corrected chi connectivity index (χ1v) is 9.61. The van der Waals surface area contributed by atoms with Gasteiger partial charge in [0, 0.05) is 6.21 Å². The van der Waals surface area contributed by atoms with Gasteiger partial charge in [-0.05, 0) is 60.1 Å². The highest BCUT2D eigenvalue weighted by Gasteiger charge is 2.15. The number of rotatable bonds is 6. The lowest BCUT2D eigenvalue weighted by molar-refractivity contribution is 0.0601. The number of esters is 1. The predicted octanol–water partition coefficient (Wildman–Crippen LogP) is 5.53. The van der Waals surface area contributed by atoms with Crippen LogP contribution in [-0.2, 0) is 16.2 Å². The number of oxime groups is 1. The molecule has 0 radical (unpaired) electrons. The highest BCUT2D eigenvalue weighted by Crippen LogP contribution is 2.29. The monoisotopic (exact) mass is 365 g/mol. The van der Waals surface area contributed by atoms with Gasteiger partial charge in [-0.15, -0.1) is 0 Å². The van der Waals surface area contributed by atoms with Crippen molar-refractivity contribution in [1.82, 2.24) is 0 Å². The Balaban J connectivity index is 1.76. The minimum Gasteiger partial charge on any atom is -0.465 e. The highest BCUT2D eigenvalue weighted by atomic mass is 16.6. The van der Waals surface area contributed by atoms with Crippen molar-refractivity contribution in [3.8, 4) is 11.1 Å². The predicted molar refractivity (Wildman–Crippen MR) is 108 cm³/mol. The summed E-state index contributed by atoms with van der Waals surface area (Å²) in [6.07, 6.45) is 8.26. The van der Waals surface area contributed by atoms with Gasteiger partial charge < -0.3 is 9.57 Å². The molecule has 142 valence electrons. The molecular weight excluding hydrogens is 338 g/mol. The van der Waals surface area contributed by atoms with Crippen LogP contribution >= 0.6 is 0 Å². The van der Waals surface area contributed by atoms with Crippen LogP contribution in [0.15, 0.2) is 47.6 Å². The van der Waals surface area contributed by atoms with E-state index < -0.39 is 0 Å². The SMILES string of the molecule is COC(=O)c1ccc(CO/N=C/C2CCCCC2)cc1-c1ccccc1C. The molecule has 1 fully saturated rings. The number of aryl methyl sites for hydroxylation is 1. The largest absolute Gasteiger partial charge is 0.465 e. The molecule has 27 heavy (non-hydrogen) atoms. The first-order chi connectivity index (χ1) is 13.2. The van der Waals surface area contributed by atoms with Crippen LogP contribution in [0.5, 0.6) is 0 Å². The molecule has 3 rings (SSSR count). The molecule has 0 atom stereocenters. The quantitative estimate of drug-likeness (QED) is 0.384. The third-order valence-electron chi connectivity index (χ3n) is 5.15. The van der Waals surface area contributed by atoms with E-state index in [1.165, 1.54) is 39.2 Å². The molecule has 1 aliphatic rings. The molecule has 0 amide bonds. The average Bonchev–Trinajstić information content (AvgIpc) is 2.72. The molecule has 0 N–H and O–H groups in total. The van der Waals surface area contributed by atoms with Crippen LogP contribution < -0.4 is 0 Å². The number of hydrogen-bond donors (Lipinski definition) is 0. The Morgan fingerprint density at radius 3 is 2.63 bits per heavy atom. The van der Waals surface area contributed by atoms with Crippen LogP contribution in [0.4, 0.5) is 0 Å². The third-order valence-corrected chi connectivity index (χ3v) is 5.15. The number of hydrogen-bond acceptors (Lipinski definition) is 4. The number of nitrogens with zero attached hydrogens (tertiary/aromatic N) is 1. The summed E-state index contributed by atoms with van der Waals surface area (Å²) in [7, 11) is 1.40. The Morgan fingerprint density at radius 2 is 1.89 bits per heavy atom. The van der Waals surface area contributed by atoms with E-state index in [1.807, 2.05) is 49.5 Å². The summed E-state index contributed by atoms with van der Waals surface area (Å²) in [5, 5.41) is 4.17. The number of ether oxygens (including phenoxy) is 1. The van der Waals surface area contributed by atoms with Gasteiger partial charge in [0.05, 0.1) is 12.7 Å². The molecule has 2 aromatic carbocycles. The maximum Gasteiger partial charge on any atom is 0.338 e. The number of carbonyl (C=O) groups is 1. The van der Waals surface area contributed by atoms with Gasteiger partial charge in [0.15, 0.2) is 0 Å². The molecule has 0 spiro atoms. The molecule has 2 aromatic rings. The zero-order chi connectivity index (χ0) is 19.1. The smallest absolute Gasteiger partial charge is 0.338 e. The molecule has 0 bridgehead atoms. The van der Waals surface area contributed by atoms with Crippen molar-refractivity contribution in [2.75, 3.05) is 7.11 Å². The number of methoxy groups -OCH3 is 1. The van der Waals surface area contributed by atoms with Crippen molar-refractivity contribution in [1.29, 1.82) is 0 Å². The van der Waals surface area contributed by atoms with E-state index >= 15 is 0 Å². The molecule has 4 heteroatoms. The second kappa shape index (κ2) is 9.36. The topological polar surface area (TPSA) is 47.9 Å².